The largest absolute Gasteiger partial charge is 0.489 e. The van der Waals surface area contributed by atoms with Gasteiger partial charge in [0.2, 0.25) is 0 Å². The highest BCUT2D eigenvalue weighted by molar-refractivity contribution is 6.35. The van der Waals surface area contributed by atoms with Crippen LogP contribution in [-0.2, 0) is 6.61 Å². The van der Waals surface area contributed by atoms with E-state index >= 15 is 0 Å². The van der Waals surface area contributed by atoms with Crippen LogP contribution < -0.4 is 14.9 Å². The molecule has 0 aromatic heterocycles. The summed E-state index contributed by atoms with van der Waals surface area (Å²) in [4.78, 5) is 24.6. The second-order valence-corrected chi connectivity index (χ2v) is 8.94. The van der Waals surface area contributed by atoms with Crippen LogP contribution in [0.5, 0.6) is 11.5 Å². The Hall–Kier alpha value is -3.84. The highest BCUT2D eigenvalue weighted by Crippen LogP contribution is 2.23. The Morgan fingerprint density at radius 3 is 2.22 bits per heavy atom. The number of nitrogens with zero attached hydrogens (tertiary/aromatic N) is 1. The van der Waals surface area contributed by atoms with Gasteiger partial charge < -0.3 is 9.47 Å². The van der Waals surface area contributed by atoms with Gasteiger partial charge >= 0.3 is 5.97 Å². The number of esters is 1. The number of carbonyl (C=O) groups is 2. The van der Waals surface area contributed by atoms with E-state index < -0.39 is 5.97 Å². The fraction of sp³-hybridized carbons (Fsp3) is 0.0357. The zero-order chi connectivity index (χ0) is 26.2. The summed E-state index contributed by atoms with van der Waals surface area (Å²) in [5.74, 6) is 0.00598. The molecule has 37 heavy (non-hydrogen) atoms. The van der Waals surface area contributed by atoms with E-state index in [4.69, 9.17) is 44.3 Å². The highest BCUT2D eigenvalue weighted by atomic mass is 35.5. The fourth-order valence-electron chi connectivity index (χ4n) is 3.14. The number of rotatable bonds is 8. The zero-order valence-electron chi connectivity index (χ0n) is 19.2. The van der Waals surface area contributed by atoms with Crippen molar-refractivity contribution in [1.29, 1.82) is 0 Å². The number of hydrazone groups is 1. The Morgan fingerprint density at radius 2 is 1.51 bits per heavy atom. The molecule has 0 fully saturated rings. The van der Waals surface area contributed by atoms with Crippen molar-refractivity contribution in [3.05, 3.63) is 128 Å². The minimum absolute atomic E-state index is 0.268. The summed E-state index contributed by atoms with van der Waals surface area (Å²) in [6.07, 6.45) is 1.48. The number of ether oxygens (including phenoxy) is 2. The van der Waals surface area contributed by atoms with Gasteiger partial charge in [0.05, 0.1) is 16.8 Å². The zero-order valence-corrected chi connectivity index (χ0v) is 21.4. The minimum atomic E-state index is -0.551. The lowest BCUT2D eigenvalue weighted by Crippen LogP contribution is -2.17. The molecule has 0 aliphatic carbocycles. The van der Waals surface area contributed by atoms with Gasteiger partial charge in [0.15, 0.2) is 0 Å². The lowest BCUT2D eigenvalue weighted by Gasteiger charge is -2.08. The molecule has 186 valence electrons. The molecule has 0 saturated heterocycles. The predicted octanol–water partition coefficient (Wildman–Crippen LogP) is 7.21. The number of carbonyl (C=O) groups excluding carboxylic acids is 2. The quantitative estimate of drug-likeness (QED) is 0.108. The van der Waals surface area contributed by atoms with E-state index in [-0.39, 0.29) is 18.1 Å². The molecule has 0 heterocycles. The molecular weight excluding hydrogens is 535 g/mol. The summed E-state index contributed by atoms with van der Waals surface area (Å²) in [6, 6.07) is 25.1. The minimum Gasteiger partial charge on any atom is -0.489 e. The summed E-state index contributed by atoms with van der Waals surface area (Å²) in [7, 11) is 0. The molecule has 1 N–H and O–H groups in total. The first-order valence-corrected chi connectivity index (χ1v) is 12.1. The normalized spacial score (nSPS) is 10.8. The first kappa shape index (κ1) is 26.2. The molecule has 0 bridgehead atoms. The Labute approximate surface area is 228 Å². The molecule has 6 nitrogen and oxygen atoms in total. The standard InChI is InChI=1S/C28H19Cl3N2O4/c29-21-10-7-20(26(31)15-21)17-36-22-13-8-19(9-14-22)27(34)33-32-16-18-5-11-23(12-6-18)37-28(35)24-3-1-2-4-25(24)30/h1-16H,17H2,(H,33,34)/b32-16-. The average Bonchev–Trinajstić information content (AvgIpc) is 2.89. The average molecular weight is 554 g/mol. The third kappa shape index (κ3) is 7.33. The van der Waals surface area contributed by atoms with E-state index in [1.807, 2.05) is 0 Å². The molecular formula is C28H19Cl3N2O4. The van der Waals surface area contributed by atoms with Crippen molar-refractivity contribution in [3.8, 4) is 11.5 Å². The molecule has 0 saturated carbocycles. The van der Waals surface area contributed by atoms with Gasteiger partial charge in [-0.15, -0.1) is 0 Å². The van der Waals surface area contributed by atoms with Crippen LogP contribution in [-0.4, -0.2) is 18.1 Å². The van der Waals surface area contributed by atoms with Crippen LogP contribution in [0.25, 0.3) is 0 Å². The van der Waals surface area contributed by atoms with Crippen molar-refractivity contribution in [2.24, 2.45) is 5.10 Å². The number of nitrogens with one attached hydrogen (secondary N) is 1. The third-order valence-corrected chi connectivity index (χ3v) is 6.01. The lowest BCUT2D eigenvalue weighted by molar-refractivity contribution is 0.0734. The Balaban J connectivity index is 1.27. The van der Waals surface area contributed by atoms with Crippen molar-refractivity contribution in [2.45, 2.75) is 6.61 Å². The molecule has 9 heteroatoms. The second-order valence-electron chi connectivity index (χ2n) is 7.69. The number of amides is 1. The summed E-state index contributed by atoms with van der Waals surface area (Å²) in [6.45, 7) is 0.268. The maximum atomic E-state index is 12.4. The van der Waals surface area contributed by atoms with Gasteiger partial charge in [-0.3, -0.25) is 4.79 Å². The van der Waals surface area contributed by atoms with Crippen LogP contribution in [0.4, 0.5) is 0 Å². The summed E-state index contributed by atoms with van der Waals surface area (Å²) in [5, 5.41) is 5.37. The van der Waals surface area contributed by atoms with Crippen molar-refractivity contribution < 1.29 is 19.1 Å². The van der Waals surface area contributed by atoms with Crippen LogP contribution in [0.1, 0.15) is 31.8 Å². The smallest absolute Gasteiger partial charge is 0.345 e. The van der Waals surface area contributed by atoms with Crippen molar-refractivity contribution in [1.82, 2.24) is 5.43 Å². The molecule has 0 radical (unpaired) electrons. The van der Waals surface area contributed by atoms with Crippen LogP contribution >= 0.6 is 34.8 Å². The Morgan fingerprint density at radius 1 is 0.811 bits per heavy atom. The van der Waals surface area contributed by atoms with Crippen LogP contribution in [0.2, 0.25) is 15.1 Å². The third-order valence-electron chi connectivity index (χ3n) is 5.09. The number of halogens is 3. The van der Waals surface area contributed by atoms with Crippen LogP contribution in [0.15, 0.2) is 96.1 Å². The molecule has 4 rings (SSSR count). The van der Waals surface area contributed by atoms with Gasteiger partial charge in [0, 0.05) is 21.2 Å². The van der Waals surface area contributed by atoms with Crippen LogP contribution in [0.3, 0.4) is 0 Å². The fourth-order valence-corrected chi connectivity index (χ4v) is 3.82. The van der Waals surface area contributed by atoms with Gasteiger partial charge in [-0.05, 0) is 78.4 Å². The first-order chi connectivity index (χ1) is 17.9. The molecule has 4 aromatic carbocycles. The van der Waals surface area contributed by atoms with E-state index in [2.05, 4.69) is 10.5 Å². The predicted molar refractivity (Wildman–Crippen MR) is 145 cm³/mol. The SMILES string of the molecule is O=C(N/N=C\c1ccc(OC(=O)c2ccccc2Cl)cc1)c1ccc(OCc2ccc(Cl)cc2Cl)cc1. The maximum Gasteiger partial charge on any atom is 0.345 e. The summed E-state index contributed by atoms with van der Waals surface area (Å²) >= 11 is 18.1. The van der Waals surface area contributed by atoms with Gasteiger partial charge in [-0.1, -0.05) is 53.0 Å². The molecule has 0 spiro atoms. The van der Waals surface area contributed by atoms with Gasteiger partial charge in [-0.25, -0.2) is 10.2 Å². The molecule has 0 aliphatic rings. The Kier molecular flexibility index (Phi) is 8.80. The van der Waals surface area contributed by atoms with Crippen LogP contribution in [0, 0.1) is 0 Å². The molecule has 0 atom stereocenters. The van der Waals surface area contributed by atoms with E-state index in [9.17, 15) is 9.59 Å². The Bertz CT molecular complexity index is 1440. The first-order valence-electron chi connectivity index (χ1n) is 11.0. The number of benzene rings is 4. The number of hydrogen-bond donors (Lipinski definition) is 1. The van der Waals surface area contributed by atoms with Crippen molar-refractivity contribution in [3.63, 3.8) is 0 Å². The summed E-state index contributed by atoms with van der Waals surface area (Å²) in [5.41, 5.74) is 4.66. The van der Waals surface area contributed by atoms with Crippen molar-refractivity contribution in [2.75, 3.05) is 0 Å². The molecule has 0 aliphatic heterocycles. The van der Waals surface area contributed by atoms with Gasteiger partial charge in [0.25, 0.3) is 5.91 Å². The topological polar surface area (TPSA) is 77.0 Å². The van der Waals surface area contributed by atoms with E-state index in [0.717, 1.165) is 5.56 Å². The van der Waals surface area contributed by atoms with Crippen molar-refractivity contribution >= 4 is 52.9 Å². The second kappa shape index (κ2) is 12.4. The maximum absolute atomic E-state index is 12.4. The molecule has 0 unspecified atom stereocenters. The number of hydrogen-bond acceptors (Lipinski definition) is 5. The van der Waals surface area contributed by atoms with E-state index in [0.29, 0.717) is 37.7 Å². The molecule has 1 amide bonds. The highest BCUT2D eigenvalue weighted by Gasteiger charge is 2.12. The van der Waals surface area contributed by atoms with E-state index in [1.54, 1.807) is 91.0 Å². The summed E-state index contributed by atoms with van der Waals surface area (Å²) < 4.78 is 11.1. The monoisotopic (exact) mass is 552 g/mol. The molecule has 4 aromatic rings. The van der Waals surface area contributed by atoms with Gasteiger partial charge in [0.1, 0.15) is 18.1 Å². The van der Waals surface area contributed by atoms with E-state index in [1.165, 1.54) is 6.21 Å². The lowest BCUT2D eigenvalue weighted by atomic mass is 10.2. The van der Waals surface area contributed by atoms with Gasteiger partial charge in [-0.2, -0.15) is 5.10 Å².